The van der Waals surface area contributed by atoms with Gasteiger partial charge in [0.2, 0.25) is 0 Å². The molecule has 0 heterocycles. The van der Waals surface area contributed by atoms with Crippen molar-refractivity contribution < 1.29 is 5.11 Å². The highest BCUT2D eigenvalue weighted by molar-refractivity contribution is 5.04. The zero-order valence-corrected chi connectivity index (χ0v) is 8.21. The lowest BCUT2D eigenvalue weighted by molar-refractivity contribution is 0.278. The van der Waals surface area contributed by atoms with E-state index in [-0.39, 0.29) is 6.61 Å². The Kier molecular flexibility index (Phi) is 6.21. The highest BCUT2D eigenvalue weighted by atomic mass is 16.3. The van der Waals surface area contributed by atoms with Crippen molar-refractivity contribution in [1.82, 2.24) is 5.32 Å². The number of aliphatic hydroxyl groups excluding tert-OH is 1. The Balaban J connectivity index is 3.83. The summed E-state index contributed by atoms with van der Waals surface area (Å²) in [5, 5.41) is 20.6. The maximum absolute atomic E-state index is 8.90. The first kappa shape index (κ1) is 12.2. The highest BCUT2D eigenvalue weighted by Gasteiger charge is 2.20. The number of nitrogens with zero attached hydrogens (tertiary/aromatic N) is 1. The summed E-state index contributed by atoms with van der Waals surface area (Å²) < 4.78 is 0. The van der Waals surface area contributed by atoms with Gasteiger partial charge in [0.15, 0.2) is 0 Å². The van der Waals surface area contributed by atoms with E-state index in [1.54, 1.807) is 0 Å². The molecule has 0 aromatic rings. The van der Waals surface area contributed by atoms with Gasteiger partial charge in [-0.15, -0.1) is 6.58 Å². The smallest absolute Gasteiger partial charge is 0.104 e. The van der Waals surface area contributed by atoms with E-state index in [2.05, 4.69) is 18.0 Å². The van der Waals surface area contributed by atoms with Crippen LogP contribution in [0.5, 0.6) is 0 Å². The third-order valence-corrected chi connectivity index (χ3v) is 1.95. The number of rotatable bonds is 7. The van der Waals surface area contributed by atoms with E-state index in [1.807, 2.05) is 13.0 Å². The molecular formula is C10H18N2O. The third kappa shape index (κ3) is 5.40. The molecule has 0 amide bonds. The molecule has 0 saturated carbocycles. The first-order valence-corrected chi connectivity index (χ1v) is 4.56. The van der Waals surface area contributed by atoms with Crippen LogP contribution in [0.1, 0.15) is 26.2 Å². The maximum Gasteiger partial charge on any atom is 0.104 e. The molecule has 0 bridgehead atoms. The molecule has 74 valence electrons. The molecule has 13 heavy (non-hydrogen) atoms. The Labute approximate surface area is 80.1 Å². The monoisotopic (exact) mass is 182 g/mol. The minimum absolute atomic E-state index is 0.163. The second kappa shape index (κ2) is 6.64. The van der Waals surface area contributed by atoms with Gasteiger partial charge in [-0.25, -0.2) is 0 Å². The number of nitriles is 1. The standard InChI is InChI=1S/C10H18N2O/c1-3-4-6-10(2,9-11)12-7-5-8-13/h3,12-13H,1,4-8H2,2H3. The number of hydrogen-bond acceptors (Lipinski definition) is 3. The zero-order chi connectivity index (χ0) is 10.2. The SMILES string of the molecule is C=CCCC(C)(C#N)NCCCO. The minimum atomic E-state index is -0.483. The van der Waals surface area contributed by atoms with Crippen LogP contribution < -0.4 is 5.32 Å². The summed E-state index contributed by atoms with van der Waals surface area (Å²) in [6.45, 7) is 6.33. The quantitative estimate of drug-likeness (QED) is 0.459. The molecule has 0 spiro atoms. The first-order valence-electron chi connectivity index (χ1n) is 4.56. The lowest BCUT2D eigenvalue weighted by Gasteiger charge is -2.22. The fraction of sp³-hybridized carbons (Fsp3) is 0.700. The van der Waals surface area contributed by atoms with Crippen molar-refractivity contribution in [1.29, 1.82) is 5.26 Å². The molecule has 3 nitrogen and oxygen atoms in total. The Morgan fingerprint density at radius 2 is 2.38 bits per heavy atom. The zero-order valence-electron chi connectivity index (χ0n) is 8.21. The molecule has 0 aliphatic heterocycles. The fourth-order valence-electron chi connectivity index (χ4n) is 1.02. The maximum atomic E-state index is 8.90. The molecule has 2 N–H and O–H groups in total. The van der Waals surface area contributed by atoms with E-state index in [9.17, 15) is 0 Å². The molecule has 1 unspecified atom stereocenters. The van der Waals surface area contributed by atoms with Crippen LogP contribution in [-0.4, -0.2) is 23.8 Å². The molecule has 1 atom stereocenters. The van der Waals surface area contributed by atoms with E-state index in [4.69, 9.17) is 10.4 Å². The predicted octanol–water partition coefficient (Wildman–Crippen LogP) is 1.21. The largest absolute Gasteiger partial charge is 0.396 e. The average Bonchev–Trinajstić information content (AvgIpc) is 2.15. The van der Waals surface area contributed by atoms with Crippen LogP contribution in [0.15, 0.2) is 12.7 Å². The molecule has 0 radical (unpaired) electrons. The Morgan fingerprint density at radius 1 is 1.69 bits per heavy atom. The lowest BCUT2D eigenvalue weighted by atomic mass is 9.97. The lowest BCUT2D eigenvalue weighted by Crippen LogP contribution is -2.41. The molecular weight excluding hydrogens is 164 g/mol. The Morgan fingerprint density at radius 3 is 2.85 bits per heavy atom. The van der Waals surface area contributed by atoms with Crippen LogP contribution >= 0.6 is 0 Å². The number of allylic oxidation sites excluding steroid dienone is 1. The average molecular weight is 182 g/mol. The summed E-state index contributed by atoms with van der Waals surface area (Å²) in [6.07, 6.45) is 4.09. The minimum Gasteiger partial charge on any atom is -0.396 e. The van der Waals surface area contributed by atoms with Crippen molar-refractivity contribution in [2.24, 2.45) is 0 Å². The van der Waals surface area contributed by atoms with Gasteiger partial charge in [0, 0.05) is 6.61 Å². The molecule has 0 saturated heterocycles. The first-order chi connectivity index (χ1) is 6.18. The molecule has 3 heteroatoms. The van der Waals surface area contributed by atoms with Gasteiger partial charge in [-0.05, 0) is 32.7 Å². The van der Waals surface area contributed by atoms with Crippen molar-refractivity contribution >= 4 is 0 Å². The second-order valence-electron chi connectivity index (χ2n) is 3.28. The highest BCUT2D eigenvalue weighted by Crippen LogP contribution is 2.10. The summed E-state index contributed by atoms with van der Waals surface area (Å²) in [6, 6.07) is 2.23. The fourth-order valence-corrected chi connectivity index (χ4v) is 1.02. The van der Waals surface area contributed by atoms with Gasteiger partial charge in [0.25, 0.3) is 0 Å². The van der Waals surface area contributed by atoms with Gasteiger partial charge in [0.1, 0.15) is 5.54 Å². The number of hydrogen-bond donors (Lipinski definition) is 2. The van der Waals surface area contributed by atoms with E-state index >= 15 is 0 Å². The molecule has 0 rings (SSSR count). The van der Waals surface area contributed by atoms with Gasteiger partial charge in [-0.1, -0.05) is 6.08 Å². The Bertz CT molecular complexity index is 186. The van der Waals surface area contributed by atoms with Gasteiger partial charge >= 0.3 is 0 Å². The second-order valence-corrected chi connectivity index (χ2v) is 3.28. The summed E-state index contributed by atoms with van der Waals surface area (Å²) >= 11 is 0. The summed E-state index contributed by atoms with van der Waals surface area (Å²) in [5.41, 5.74) is -0.483. The summed E-state index contributed by atoms with van der Waals surface area (Å²) in [5.74, 6) is 0. The van der Waals surface area contributed by atoms with Crippen LogP contribution in [0.4, 0.5) is 0 Å². The van der Waals surface area contributed by atoms with Crippen molar-refractivity contribution in [2.75, 3.05) is 13.2 Å². The van der Waals surface area contributed by atoms with Gasteiger partial charge in [-0.2, -0.15) is 5.26 Å². The topological polar surface area (TPSA) is 56.0 Å². The summed E-state index contributed by atoms with van der Waals surface area (Å²) in [4.78, 5) is 0. The summed E-state index contributed by atoms with van der Waals surface area (Å²) in [7, 11) is 0. The number of aliphatic hydroxyl groups is 1. The van der Waals surface area contributed by atoms with Crippen LogP contribution in [-0.2, 0) is 0 Å². The van der Waals surface area contributed by atoms with Gasteiger partial charge < -0.3 is 5.11 Å². The van der Waals surface area contributed by atoms with Crippen LogP contribution in [0, 0.1) is 11.3 Å². The van der Waals surface area contributed by atoms with Crippen molar-refractivity contribution in [3.8, 4) is 6.07 Å². The van der Waals surface area contributed by atoms with Crippen molar-refractivity contribution in [3.63, 3.8) is 0 Å². The Hall–Kier alpha value is -0.850. The predicted molar refractivity (Wildman–Crippen MR) is 53.2 cm³/mol. The van der Waals surface area contributed by atoms with E-state index in [0.29, 0.717) is 13.0 Å². The normalized spacial score (nSPS) is 14.5. The van der Waals surface area contributed by atoms with Crippen LogP contribution in [0.25, 0.3) is 0 Å². The van der Waals surface area contributed by atoms with Crippen molar-refractivity contribution in [2.45, 2.75) is 31.7 Å². The van der Waals surface area contributed by atoms with Gasteiger partial charge in [0.05, 0.1) is 6.07 Å². The molecule has 0 aliphatic rings. The molecule has 0 aliphatic carbocycles. The van der Waals surface area contributed by atoms with E-state index in [0.717, 1.165) is 12.8 Å². The molecule has 0 fully saturated rings. The molecule has 0 aromatic heterocycles. The number of nitrogens with one attached hydrogen (secondary N) is 1. The van der Waals surface area contributed by atoms with Crippen molar-refractivity contribution in [3.05, 3.63) is 12.7 Å². The van der Waals surface area contributed by atoms with Crippen LogP contribution in [0.3, 0.4) is 0 Å². The van der Waals surface area contributed by atoms with E-state index in [1.165, 1.54) is 0 Å². The van der Waals surface area contributed by atoms with Gasteiger partial charge in [-0.3, -0.25) is 5.32 Å². The van der Waals surface area contributed by atoms with Crippen LogP contribution in [0.2, 0.25) is 0 Å². The third-order valence-electron chi connectivity index (χ3n) is 1.95. The molecule has 0 aromatic carbocycles. The van der Waals surface area contributed by atoms with E-state index < -0.39 is 5.54 Å².